The first-order chi connectivity index (χ1) is 14.0. The zero-order valence-corrected chi connectivity index (χ0v) is 18.0. The van der Waals surface area contributed by atoms with Crippen molar-refractivity contribution in [1.29, 1.82) is 0 Å². The monoisotopic (exact) mass is 395 g/mol. The number of carbonyl (C=O) groups excluding carboxylic acids is 1. The molecule has 1 aliphatic rings. The van der Waals surface area contributed by atoms with Crippen molar-refractivity contribution in [2.24, 2.45) is 5.92 Å². The van der Waals surface area contributed by atoms with Crippen LogP contribution < -0.4 is 15.0 Å². The predicted molar refractivity (Wildman–Crippen MR) is 119 cm³/mol. The van der Waals surface area contributed by atoms with Crippen molar-refractivity contribution >= 4 is 11.6 Å². The lowest BCUT2D eigenvalue weighted by molar-refractivity contribution is 0.0891. The predicted octanol–water partition coefficient (Wildman–Crippen LogP) is 3.96. The molecule has 0 saturated carbocycles. The number of nitrogens with one attached hydrogen (secondary N) is 1. The van der Waals surface area contributed by atoms with Gasteiger partial charge in [-0.05, 0) is 81.2 Å². The molecule has 2 aromatic carbocycles. The molecule has 3 rings (SSSR count). The van der Waals surface area contributed by atoms with Gasteiger partial charge in [-0.1, -0.05) is 12.1 Å². The van der Waals surface area contributed by atoms with Gasteiger partial charge in [0, 0.05) is 37.4 Å². The van der Waals surface area contributed by atoms with Crippen LogP contribution in [-0.2, 0) is 0 Å². The summed E-state index contributed by atoms with van der Waals surface area (Å²) in [6.07, 6.45) is 2.27. The number of benzene rings is 2. The van der Waals surface area contributed by atoms with Crippen molar-refractivity contribution in [2.45, 2.75) is 25.8 Å². The minimum absolute atomic E-state index is 0.00240. The number of anilines is 1. The van der Waals surface area contributed by atoms with Crippen LogP contribution in [0.1, 0.15) is 41.7 Å². The van der Waals surface area contributed by atoms with Gasteiger partial charge in [0.05, 0.1) is 7.11 Å². The molecule has 1 fully saturated rings. The molecule has 5 nitrogen and oxygen atoms in total. The number of hydrogen-bond donors (Lipinski definition) is 1. The molecule has 0 bridgehead atoms. The first kappa shape index (κ1) is 21.2. The molecule has 1 saturated heterocycles. The Morgan fingerprint density at radius 2 is 1.86 bits per heavy atom. The van der Waals surface area contributed by atoms with Gasteiger partial charge >= 0.3 is 0 Å². The van der Waals surface area contributed by atoms with E-state index in [-0.39, 0.29) is 5.91 Å². The lowest BCUT2D eigenvalue weighted by Crippen LogP contribution is -2.41. The van der Waals surface area contributed by atoms with Crippen molar-refractivity contribution < 1.29 is 9.53 Å². The van der Waals surface area contributed by atoms with Gasteiger partial charge in [0.25, 0.3) is 5.91 Å². The Balaban J connectivity index is 1.66. The second-order valence-corrected chi connectivity index (χ2v) is 7.87. The van der Waals surface area contributed by atoms with Gasteiger partial charge in [-0.15, -0.1) is 0 Å². The van der Waals surface area contributed by atoms with Gasteiger partial charge in [-0.3, -0.25) is 9.69 Å². The number of carbonyl (C=O) groups is 1. The van der Waals surface area contributed by atoms with Crippen LogP contribution in [0.4, 0.5) is 5.69 Å². The average Bonchev–Trinajstić information content (AvgIpc) is 2.77. The highest BCUT2D eigenvalue weighted by Gasteiger charge is 2.30. The molecule has 1 heterocycles. The van der Waals surface area contributed by atoms with Crippen LogP contribution in [-0.4, -0.2) is 51.6 Å². The molecule has 0 radical (unpaired) electrons. The lowest BCUT2D eigenvalue weighted by atomic mass is 9.85. The zero-order chi connectivity index (χ0) is 20.8. The summed E-state index contributed by atoms with van der Waals surface area (Å²) in [7, 11) is 5.91. The minimum Gasteiger partial charge on any atom is -0.497 e. The maximum atomic E-state index is 12.7. The van der Waals surface area contributed by atoms with Crippen LogP contribution in [0.15, 0.2) is 48.5 Å². The molecule has 0 spiro atoms. The van der Waals surface area contributed by atoms with E-state index in [9.17, 15) is 4.79 Å². The van der Waals surface area contributed by atoms with Crippen LogP contribution in [0.5, 0.6) is 5.75 Å². The van der Waals surface area contributed by atoms with Crippen LogP contribution in [0, 0.1) is 5.92 Å². The number of hydrogen-bond acceptors (Lipinski definition) is 4. The van der Waals surface area contributed by atoms with Crippen molar-refractivity contribution in [2.75, 3.05) is 45.7 Å². The smallest absolute Gasteiger partial charge is 0.251 e. The van der Waals surface area contributed by atoms with Gasteiger partial charge in [0.1, 0.15) is 5.75 Å². The Morgan fingerprint density at radius 3 is 2.48 bits per heavy atom. The number of likely N-dealkylation sites (tertiary alicyclic amines) is 1. The van der Waals surface area contributed by atoms with Crippen LogP contribution in [0.2, 0.25) is 0 Å². The molecular weight excluding hydrogens is 362 g/mol. The van der Waals surface area contributed by atoms with Crippen LogP contribution >= 0.6 is 0 Å². The Kier molecular flexibility index (Phi) is 7.15. The van der Waals surface area contributed by atoms with E-state index in [1.165, 1.54) is 5.56 Å². The third-order valence-electron chi connectivity index (χ3n) is 6.03. The summed E-state index contributed by atoms with van der Waals surface area (Å²) in [5.41, 5.74) is 3.11. The highest BCUT2D eigenvalue weighted by molar-refractivity contribution is 5.94. The van der Waals surface area contributed by atoms with E-state index >= 15 is 0 Å². The molecule has 0 aromatic heterocycles. The summed E-state index contributed by atoms with van der Waals surface area (Å²) in [5.74, 6) is 1.25. The van der Waals surface area contributed by atoms with E-state index < -0.39 is 0 Å². The van der Waals surface area contributed by atoms with Gasteiger partial charge in [-0.25, -0.2) is 0 Å². The second-order valence-electron chi connectivity index (χ2n) is 7.87. The Hall–Kier alpha value is -2.53. The topological polar surface area (TPSA) is 44.8 Å². The number of amides is 1. The number of rotatable bonds is 7. The molecule has 156 valence electrons. The molecule has 2 aromatic rings. The molecule has 1 aliphatic heterocycles. The van der Waals surface area contributed by atoms with Crippen molar-refractivity contribution in [1.82, 2.24) is 10.2 Å². The maximum absolute atomic E-state index is 12.7. The van der Waals surface area contributed by atoms with E-state index in [4.69, 9.17) is 4.74 Å². The normalized spacial score (nSPS) is 19.6. The van der Waals surface area contributed by atoms with E-state index in [2.05, 4.69) is 41.2 Å². The Morgan fingerprint density at radius 1 is 1.17 bits per heavy atom. The molecule has 29 heavy (non-hydrogen) atoms. The third-order valence-corrected chi connectivity index (χ3v) is 6.03. The number of methoxy groups -OCH3 is 1. The first-order valence-corrected chi connectivity index (χ1v) is 10.5. The van der Waals surface area contributed by atoms with Crippen molar-refractivity contribution in [3.05, 3.63) is 59.7 Å². The van der Waals surface area contributed by atoms with E-state index in [1.807, 2.05) is 43.4 Å². The SMILES string of the molecule is CCN(C)c1ccc(C(=O)NCC2CCCN(C)C2c2ccc(OC)cc2)cc1. The highest BCUT2D eigenvalue weighted by Crippen LogP contribution is 2.35. The lowest BCUT2D eigenvalue weighted by Gasteiger charge is -2.39. The number of ether oxygens (including phenoxy) is 1. The van der Waals surface area contributed by atoms with E-state index in [1.54, 1.807) is 7.11 Å². The Labute approximate surface area is 174 Å². The van der Waals surface area contributed by atoms with E-state index in [0.29, 0.717) is 24.1 Å². The van der Waals surface area contributed by atoms with Gasteiger partial charge in [0.2, 0.25) is 0 Å². The van der Waals surface area contributed by atoms with Crippen molar-refractivity contribution in [3.8, 4) is 5.75 Å². The second kappa shape index (κ2) is 9.79. The van der Waals surface area contributed by atoms with Gasteiger partial charge < -0.3 is 15.0 Å². The molecule has 1 amide bonds. The summed E-state index contributed by atoms with van der Waals surface area (Å²) >= 11 is 0. The molecule has 1 N–H and O–H groups in total. The molecule has 2 atom stereocenters. The summed E-state index contributed by atoms with van der Waals surface area (Å²) in [5, 5.41) is 3.17. The first-order valence-electron chi connectivity index (χ1n) is 10.5. The summed E-state index contributed by atoms with van der Waals surface area (Å²) in [6, 6.07) is 16.4. The summed E-state index contributed by atoms with van der Waals surface area (Å²) < 4.78 is 5.29. The molecule has 2 unspecified atom stereocenters. The fourth-order valence-corrected chi connectivity index (χ4v) is 4.18. The Bertz CT molecular complexity index is 789. The van der Waals surface area contributed by atoms with Gasteiger partial charge in [0.15, 0.2) is 0 Å². The average molecular weight is 396 g/mol. The van der Waals surface area contributed by atoms with Crippen molar-refractivity contribution in [3.63, 3.8) is 0 Å². The fraction of sp³-hybridized carbons (Fsp3) is 0.458. The molecule has 0 aliphatic carbocycles. The third kappa shape index (κ3) is 5.10. The number of nitrogens with zero attached hydrogens (tertiary/aromatic N) is 2. The maximum Gasteiger partial charge on any atom is 0.251 e. The molecular formula is C24H33N3O2. The fourth-order valence-electron chi connectivity index (χ4n) is 4.18. The molecule has 5 heteroatoms. The minimum atomic E-state index is -0.00240. The van der Waals surface area contributed by atoms with Crippen LogP contribution in [0.3, 0.4) is 0 Å². The van der Waals surface area contributed by atoms with Gasteiger partial charge in [-0.2, -0.15) is 0 Å². The summed E-state index contributed by atoms with van der Waals surface area (Å²) in [6.45, 7) is 4.80. The largest absolute Gasteiger partial charge is 0.497 e. The standard InChI is InChI=1S/C24H33N3O2/c1-5-26(2)21-12-8-19(9-13-21)24(28)25-17-20-7-6-16-27(3)23(20)18-10-14-22(29-4)15-11-18/h8-15,20,23H,5-7,16-17H2,1-4H3,(H,25,28). The van der Waals surface area contributed by atoms with E-state index in [0.717, 1.165) is 37.4 Å². The zero-order valence-electron chi connectivity index (χ0n) is 18.0. The number of piperidine rings is 1. The summed E-state index contributed by atoms with van der Waals surface area (Å²) in [4.78, 5) is 17.2. The van der Waals surface area contributed by atoms with Crippen LogP contribution in [0.25, 0.3) is 0 Å². The quantitative estimate of drug-likeness (QED) is 0.771. The highest BCUT2D eigenvalue weighted by atomic mass is 16.5.